The number of halogens is 1. The van der Waals surface area contributed by atoms with Crippen molar-refractivity contribution >= 4 is 0 Å². The third kappa shape index (κ3) is 2.31. The van der Waals surface area contributed by atoms with Gasteiger partial charge in [0.1, 0.15) is 5.82 Å². The second kappa shape index (κ2) is 5.29. The molecule has 2 aromatic rings. The Labute approximate surface area is 118 Å². The summed E-state index contributed by atoms with van der Waals surface area (Å²) in [4.78, 5) is 9.39. The molecule has 0 amide bonds. The van der Waals surface area contributed by atoms with Gasteiger partial charge in [-0.15, -0.1) is 0 Å². The quantitative estimate of drug-likeness (QED) is 0.912. The summed E-state index contributed by atoms with van der Waals surface area (Å²) < 4.78 is 13.2. The zero-order chi connectivity index (χ0) is 14.1. The van der Waals surface area contributed by atoms with Gasteiger partial charge in [0.2, 0.25) is 0 Å². The molecule has 0 spiro atoms. The Morgan fingerprint density at radius 2 is 2.15 bits per heavy atom. The van der Waals surface area contributed by atoms with Crippen molar-refractivity contribution in [1.29, 1.82) is 0 Å². The molecule has 1 N–H and O–H groups in total. The van der Waals surface area contributed by atoms with E-state index in [2.05, 4.69) is 17.2 Å². The van der Waals surface area contributed by atoms with Crippen molar-refractivity contribution in [2.24, 2.45) is 0 Å². The topological polar surface area (TPSA) is 37.8 Å². The molecule has 104 valence electrons. The summed E-state index contributed by atoms with van der Waals surface area (Å²) >= 11 is 0. The highest BCUT2D eigenvalue weighted by Gasteiger charge is 2.17. The predicted octanol–water partition coefficient (Wildman–Crippen LogP) is 2.80. The number of aryl methyl sites for hydroxylation is 2. The molecular formula is C16H18FN3. The van der Waals surface area contributed by atoms with Crippen molar-refractivity contribution in [3.63, 3.8) is 0 Å². The zero-order valence-electron chi connectivity index (χ0n) is 11.8. The second-order valence-corrected chi connectivity index (χ2v) is 5.16. The van der Waals surface area contributed by atoms with Gasteiger partial charge in [-0.05, 0) is 55.6 Å². The number of aromatic nitrogens is 2. The molecular weight excluding hydrogens is 253 g/mol. The number of fused-ring (bicyclic) bond motifs is 1. The Bertz CT molecular complexity index is 635. The Kier molecular flexibility index (Phi) is 3.49. The maximum Gasteiger partial charge on any atom is 0.159 e. The van der Waals surface area contributed by atoms with Gasteiger partial charge in [0.25, 0.3) is 0 Å². The molecule has 0 unspecified atom stereocenters. The standard InChI is InChI=1S/C16H18FN3/c1-3-14-13-6-7-18-9-15(13)20-16(19-14)12-5-4-11(17)8-10(12)2/h4-5,8,18H,3,6-7,9H2,1-2H3. The number of nitrogens with one attached hydrogen (secondary N) is 1. The van der Waals surface area contributed by atoms with Crippen LogP contribution < -0.4 is 5.32 Å². The van der Waals surface area contributed by atoms with Crippen LogP contribution in [0.5, 0.6) is 0 Å². The van der Waals surface area contributed by atoms with Crippen LogP contribution in [-0.4, -0.2) is 16.5 Å². The van der Waals surface area contributed by atoms with Gasteiger partial charge >= 0.3 is 0 Å². The highest BCUT2D eigenvalue weighted by atomic mass is 19.1. The number of nitrogens with zero attached hydrogens (tertiary/aromatic N) is 2. The molecule has 20 heavy (non-hydrogen) atoms. The minimum absolute atomic E-state index is 0.221. The molecule has 0 atom stereocenters. The molecule has 0 saturated carbocycles. The van der Waals surface area contributed by atoms with Crippen molar-refractivity contribution < 1.29 is 4.39 Å². The lowest BCUT2D eigenvalue weighted by Crippen LogP contribution is -2.26. The van der Waals surface area contributed by atoms with Crippen LogP contribution >= 0.6 is 0 Å². The molecule has 2 heterocycles. The lowest BCUT2D eigenvalue weighted by atomic mass is 10.0. The van der Waals surface area contributed by atoms with E-state index in [0.717, 1.165) is 48.4 Å². The van der Waals surface area contributed by atoms with E-state index in [1.54, 1.807) is 6.07 Å². The number of hydrogen-bond acceptors (Lipinski definition) is 3. The van der Waals surface area contributed by atoms with Crippen molar-refractivity contribution in [2.75, 3.05) is 6.54 Å². The molecule has 0 saturated heterocycles. The van der Waals surface area contributed by atoms with E-state index < -0.39 is 0 Å². The third-order valence-corrected chi connectivity index (χ3v) is 3.79. The molecule has 0 radical (unpaired) electrons. The van der Waals surface area contributed by atoms with Gasteiger partial charge in [0.15, 0.2) is 5.82 Å². The van der Waals surface area contributed by atoms with Crippen molar-refractivity contribution in [3.05, 3.63) is 46.5 Å². The van der Waals surface area contributed by atoms with E-state index in [0.29, 0.717) is 5.82 Å². The first-order valence-corrected chi connectivity index (χ1v) is 7.05. The van der Waals surface area contributed by atoms with Crippen LogP contribution in [0.3, 0.4) is 0 Å². The minimum atomic E-state index is -0.221. The summed E-state index contributed by atoms with van der Waals surface area (Å²) in [6.07, 6.45) is 1.89. The monoisotopic (exact) mass is 271 g/mol. The maximum atomic E-state index is 13.2. The van der Waals surface area contributed by atoms with Gasteiger partial charge < -0.3 is 5.32 Å². The number of hydrogen-bond donors (Lipinski definition) is 1. The lowest BCUT2D eigenvalue weighted by Gasteiger charge is -2.20. The summed E-state index contributed by atoms with van der Waals surface area (Å²) in [6, 6.07) is 4.76. The first kappa shape index (κ1) is 13.2. The smallest absolute Gasteiger partial charge is 0.159 e. The van der Waals surface area contributed by atoms with E-state index in [1.807, 2.05) is 6.92 Å². The molecule has 1 aromatic heterocycles. The first-order valence-electron chi connectivity index (χ1n) is 7.05. The van der Waals surface area contributed by atoms with E-state index >= 15 is 0 Å². The molecule has 0 aliphatic carbocycles. The predicted molar refractivity (Wildman–Crippen MR) is 77.0 cm³/mol. The van der Waals surface area contributed by atoms with Crippen molar-refractivity contribution in [2.45, 2.75) is 33.2 Å². The van der Waals surface area contributed by atoms with Crippen molar-refractivity contribution in [3.8, 4) is 11.4 Å². The second-order valence-electron chi connectivity index (χ2n) is 5.16. The van der Waals surface area contributed by atoms with Gasteiger partial charge in [0, 0.05) is 17.8 Å². The average molecular weight is 271 g/mol. The summed E-state index contributed by atoms with van der Waals surface area (Å²) in [7, 11) is 0. The fourth-order valence-electron chi connectivity index (χ4n) is 2.73. The average Bonchev–Trinajstić information content (AvgIpc) is 2.46. The van der Waals surface area contributed by atoms with Crippen LogP contribution in [0.15, 0.2) is 18.2 Å². The zero-order valence-corrected chi connectivity index (χ0v) is 11.8. The fraction of sp³-hybridized carbons (Fsp3) is 0.375. The Hall–Kier alpha value is -1.81. The van der Waals surface area contributed by atoms with Gasteiger partial charge in [-0.3, -0.25) is 0 Å². The van der Waals surface area contributed by atoms with Crippen LogP contribution in [0.25, 0.3) is 11.4 Å². The SMILES string of the molecule is CCc1nc(-c2ccc(F)cc2C)nc2c1CCNC2. The largest absolute Gasteiger partial charge is 0.311 e. The number of benzene rings is 1. The normalized spacial score (nSPS) is 14.2. The lowest BCUT2D eigenvalue weighted by molar-refractivity contribution is 0.616. The van der Waals surface area contributed by atoms with Crippen LogP contribution in [0.4, 0.5) is 4.39 Å². The first-order chi connectivity index (χ1) is 9.69. The molecule has 1 aliphatic heterocycles. The van der Waals surface area contributed by atoms with E-state index in [-0.39, 0.29) is 5.82 Å². The van der Waals surface area contributed by atoms with E-state index in [4.69, 9.17) is 4.98 Å². The maximum absolute atomic E-state index is 13.2. The fourth-order valence-corrected chi connectivity index (χ4v) is 2.73. The third-order valence-electron chi connectivity index (χ3n) is 3.79. The summed E-state index contributed by atoms with van der Waals surface area (Å²) in [5.74, 6) is 0.489. The van der Waals surface area contributed by atoms with E-state index in [1.165, 1.54) is 17.7 Å². The van der Waals surface area contributed by atoms with Crippen LogP contribution in [0.1, 0.15) is 29.4 Å². The van der Waals surface area contributed by atoms with Crippen LogP contribution in [0.2, 0.25) is 0 Å². The molecule has 1 aliphatic rings. The summed E-state index contributed by atoms with van der Waals surface area (Å²) in [6.45, 7) is 5.79. The number of rotatable bonds is 2. The van der Waals surface area contributed by atoms with Gasteiger partial charge in [-0.25, -0.2) is 14.4 Å². The molecule has 3 rings (SSSR count). The Morgan fingerprint density at radius 1 is 1.30 bits per heavy atom. The van der Waals surface area contributed by atoms with Crippen molar-refractivity contribution in [1.82, 2.24) is 15.3 Å². The molecule has 1 aromatic carbocycles. The van der Waals surface area contributed by atoms with Gasteiger partial charge in [-0.2, -0.15) is 0 Å². The Balaban J connectivity index is 2.14. The Morgan fingerprint density at radius 3 is 2.90 bits per heavy atom. The molecule has 4 heteroatoms. The highest BCUT2D eigenvalue weighted by molar-refractivity contribution is 5.60. The summed E-state index contributed by atoms with van der Waals surface area (Å²) in [5, 5.41) is 3.34. The molecule has 3 nitrogen and oxygen atoms in total. The van der Waals surface area contributed by atoms with Gasteiger partial charge in [-0.1, -0.05) is 6.92 Å². The van der Waals surface area contributed by atoms with Gasteiger partial charge in [0.05, 0.1) is 5.69 Å². The molecule has 0 fully saturated rings. The highest BCUT2D eigenvalue weighted by Crippen LogP contribution is 2.24. The summed E-state index contributed by atoms with van der Waals surface area (Å²) in [5.41, 5.74) is 5.28. The molecule has 0 bridgehead atoms. The minimum Gasteiger partial charge on any atom is -0.311 e. The van der Waals surface area contributed by atoms with Crippen LogP contribution in [0, 0.1) is 12.7 Å². The van der Waals surface area contributed by atoms with Crippen LogP contribution in [-0.2, 0) is 19.4 Å². The van der Waals surface area contributed by atoms with E-state index in [9.17, 15) is 4.39 Å².